The van der Waals surface area contributed by atoms with Crippen LogP contribution in [-0.2, 0) is 16.1 Å². The van der Waals surface area contributed by atoms with E-state index in [0.29, 0.717) is 23.5 Å². The predicted molar refractivity (Wildman–Crippen MR) is 127 cm³/mol. The van der Waals surface area contributed by atoms with Crippen molar-refractivity contribution in [2.75, 3.05) is 5.32 Å². The van der Waals surface area contributed by atoms with E-state index in [0.717, 1.165) is 15.6 Å². The third-order valence-electron chi connectivity index (χ3n) is 4.33. The van der Waals surface area contributed by atoms with E-state index in [1.807, 2.05) is 36.4 Å². The fourth-order valence-corrected chi connectivity index (χ4v) is 3.03. The minimum absolute atomic E-state index is 0.196. The van der Waals surface area contributed by atoms with E-state index >= 15 is 0 Å². The second-order valence-electron chi connectivity index (χ2n) is 6.88. The van der Waals surface area contributed by atoms with E-state index < -0.39 is 5.97 Å². The minimum Gasteiger partial charge on any atom is -0.427 e. The molecule has 0 bridgehead atoms. The number of carbonyl (C=O) groups excluding carboxylic acids is 3. The summed E-state index contributed by atoms with van der Waals surface area (Å²) in [6, 6.07) is 21.2. The predicted octanol–water partition coefficient (Wildman–Crippen LogP) is 4.96. The van der Waals surface area contributed by atoms with E-state index in [2.05, 4.69) is 26.6 Å². The molecule has 0 atom stereocenters. The van der Waals surface area contributed by atoms with Crippen LogP contribution in [-0.4, -0.2) is 17.8 Å². The molecule has 0 fully saturated rings. The molecule has 32 heavy (non-hydrogen) atoms. The van der Waals surface area contributed by atoms with Crippen molar-refractivity contribution in [2.45, 2.75) is 13.5 Å². The van der Waals surface area contributed by atoms with Gasteiger partial charge in [0.15, 0.2) is 0 Å². The van der Waals surface area contributed by atoms with Crippen molar-refractivity contribution in [3.63, 3.8) is 0 Å². The first kappa shape index (κ1) is 23.0. The molecule has 3 aromatic rings. The van der Waals surface area contributed by atoms with Crippen molar-refractivity contribution in [1.29, 1.82) is 0 Å². The highest BCUT2D eigenvalue weighted by molar-refractivity contribution is 9.10. The number of hydrogen-bond acceptors (Lipinski definition) is 4. The van der Waals surface area contributed by atoms with Crippen molar-refractivity contribution < 1.29 is 19.1 Å². The Morgan fingerprint density at radius 1 is 0.969 bits per heavy atom. The summed E-state index contributed by atoms with van der Waals surface area (Å²) in [5, 5.41) is 5.62. The van der Waals surface area contributed by atoms with Crippen LogP contribution in [0.2, 0.25) is 0 Å². The van der Waals surface area contributed by atoms with Gasteiger partial charge in [0.2, 0.25) is 5.91 Å². The number of benzene rings is 3. The number of esters is 1. The highest BCUT2D eigenvalue weighted by Crippen LogP contribution is 2.16. The number of hydrogen-bond donors (Lipinski definition) is 2. The van der Waals surface area contributed by atoms with E-state index in [-0.39, 0.29) is 11.8 Å². The van der Waals surface area contributed by atoms with Gasteiger partial charge in [0.1, 0.15) is 5.75 Å². The van der Waals surface area contributed by atoms with Crippen LogP contribution in [0.1, 0.15) is 28.4 Å². The fourth-order valence-electron chi connectivity index (χ4n) is 2.77. The molecule has 0 saturated carbocycles. The molecule has 0 spiro atoms. The largest absolute Gasteiger partial charge is 0.427 e. The molecule has 0 heterocycles. The summed E-state index contributed by atoms with van der Waals surface area (Å²) in [5.41, 5.74) is 2.81. The molecule has 3 aromatic carbocycles. The highest BCUT2D eigenvalue weighted by Gasteiger charge is 2.08. The van der Waals surface area contributed by atoms with Gasteiger partial charge >= 0.3 is 5.97 Å². The second-order valence-corrected chi connectivity index (χ2v) is 7.79. The second kappa shape index (κ2) is 11.1. The zero-order valence-corrected chi connectivity index (χ0v) is 18.9. The number of anilines is 1. The van der Waals surface area contributed by atoms with Crippen LogP contribution < -0.4 is 15.4 Å². The number of halogens is 1. The zero-order chi connectivity index (χ0) is 22.9. The summed E-state index contributed by atoms with van der Waals surface area (Å²) in [5.74, 6) is -0.657. The van der Waals surface area contributed by atoms with Crippen LogP contribution in [0, 0.1) is 0 Å². The summed E-state index contributed by atoms with van der Waals surface area (Å²) >= 11 is 3.37. The van der Waals surface area contributed by atoms with Crippen molar-refractivity contribution >= 4 is 45.5 Å². The molecule has 2 amide bonds. The van der Waals surface area contributed by atoms with E-state index in [4.69, 9.17) is 4.74 Å². The number of ether oxygens (including phenoxy) is 1. The molecule has 162 valence electrons. The van der Waals surface area contributed by atoms with Crippen LogP contribution >= 0.6 is 15.9 Å². The number of amides is 2. The molecule has 0 saturated heterocycles. The maximum Gasteiger partial charge on any atom is 0.308 e. The van der Waals surface area contributed by atoms with Gasteiger partial charge in [-0.3, -0.25) is 14.4 Å². The Morgan fingerprint density at radius 3 is 2.38 bits per heavy atom. The third kappa shape index (κ3) is 7.21. The molecule has 2 N–H and O–H groups in total. The summed E-state index contributed by atoms with van der Waals surface area (Å²) < 4.78 is 5.98. The van der Waals surface area contributed by atoms with Gasteiger partial charge in [-0.1, -0.05) is 46.3 Å². The van der Waals surface area contributed by atoms with Crippen LogP contribution in [0.5, 0.6) is 5.75 Å². The van der Waals surface area contributed by atoms with E-state index in [1.165, 1.54) is 19.1 Å². The van der Waals surface area contributed by atoms with Crippen LogP contribution in [0.4, 0.5) is 5.69 Å². The quantitative estimate of drug-likeness (QED) is 0.277. The average molecular weight is 493 g/mol. The third-order valence-corrected chi connectivity index (χ3v) is 4.86. The maximum atomic E-state index is 12.4. The number of rotatable bonds is 7. The summed E-state index contributed by atoms with van der Waals surface area (Å²) in [6.07, 6.45) is 3.23. The Labute approximate surface area is 194 Å². The summed E-state index contributed by atoms with van der Waals surface area (Å²) in [6.45, 7) is 1.66. The molecule has 0 aliphatic rings. The molecule has 7 heteroatoms. The minimum atomic E-state index is -0.450. The van der Waals surface area contributed by atoms with Crippen LogP contribution in [0.15, 0.2) is 83.3 Å². The Bertz CT molecular complexity index is 1140. The van der Waals surface area contributed by atoms with Gasteiger partial charge < -0.3 is 15.4 Å². The van der Waals surface area contributed by atoms with Crippen molar-refractivity contribution in [3.05, 3.63) is 100 Å². The van der Waals surface area contributed by atoms with Gasteiger partial charge in [-0.15, -0.1) is 0 Å². The fraction of sp³-hybridized carbons (Fsp3) is 0.0800. The van der Waals surface area contributed by atoms with Crippen LogP contribution in [0.3, 0.4) is 0 Å². The maximum absolute atomic E-state index is 12.4. The Morgan fingerprint density at radius 2 is 1.69 bits per heavy atom. The first-order chi connectivity index (χ1) is 15.4. The smallest absolute Gasteiger partial charge is 0.308 e. The van der Waals surface area contributed by atoms with Gasteiger partial charge in [0.05, 0.1) is 0 Å². The lowest BCUT2D eigenvalue weighted by Gasteiger charge is -2.08. The van der Waals surface area contributed by atoms with Crippen molar-refractivity contribution in [2.24, 2.45) is 0 Å². The molecule has 6 nitrogen and oxygen atoms in total. The lowest BCUT2D eigenvalue weighted by molar-refractivity contribution is -0.131. The highest BCUT2D eigenvalue weighted by atomic mass is 79.9. The van der Waals surface area contributed by atoms with Crippen molar-refractivity contribution in [3.8, 4) is 5.75 Å². The molecule has 0 radical (unpaired) electrons. The number of nitrogens with one attached hydrogen (secondary N) is 2. The SMILES string of the molecule is CC(=O)Oc1cccc(C(=O)Nc2ccc(CNC(=O)/C=C/c3ccc(Br)cc3)cc2)c1. The molecular weight excluding hydrogens is 472 g/mol. The molecular formula is C25H21BrN2O4. The molecule has 0 unspecified atom stereocenters. The Balaban J connectivity index is 1.51. The Kier molecular flexibility index (Phi) is 7.94. The molecule has 3 rings (SSSR count). The van der Waals surface area contributed by atoms with Gasteiger partial charge in [0.25, 0.3) is 5.91 Å². The summed E-state index contributed by atoms with van der Waals surface area (Å²) in [4.78, 5) is 35.5. The van der Waals surface area contributed by atoms with E-state index in [1.54, 1.807) is 36.4 Å². The van der Waals surface area contributed by atoms with Crippen LogP contribution in [0.25, 0.3) is 6.08 Å². The average Bonchev–Trinajstić information content (AvgIpc) is 2.78. The number of carbonyl (C=O) groups is 3. The molecule has 0 aliphatic heterocycles. The molecule has 0 aromatic heterocycles. The van der Waals surface area contributed by atoms with Gasteiger partial charge in [-0.25, -0.2) is 0 Å². The monoisotopic (exact) mass is 492 g/mol. The summed E-state index contributed by atoms with van der Waals surface area (Å²) in [7, 11) is 0. The molecule has 0 aliphatic carbocycles. The van der Waals surface area contributed by atoms with Crippen molar-refractivity contribution in [1.82, 2.24) is 5.32 Å². The lowest BCUT2D eigenvalue weighted by Crippen LogP contribution is -2.20. The lowest BCUT2D eigenvalue weighted by atomic mass is 10.1. The van der Waals surface area contributed by atoms with Gasteiger partial charge in [-0.2, -0.15) is 0 Å². The van der Waals surface area contributed by atoms with Gasteiger partial charge in [-0.05, 0) is 59.7 Å². The first-order valence-corrected chi connectivity index (χ1v) is 10.6. The standard InChI is InChI=1S/C25H21BrN2O4/c1-17(29)32-23-4-2-3-20(15-23)25(31)28-22-12-7-19(8-13-22)16-27-24(30)14-9-18-5-10-21(26)11-6-18/h2-15H,16H2,1H3,(H,27,30)(H,28,31)/b14-9+. The topological polar surface area (TPSA) is 84.5 Å². The van der Waals surface area contributed by atoms with E-state index in [9.17, 15) is 14.4 Å². The normalized spacial score (nSPS) is 10.6. The van der Waals surface area contributed by atoms with Gasteiger partial charge in [0, 0.05) is 35.3 Å². The first-order valence-electron chi connectivity index (χ1n) is 9.79. The Hall–Kier alpha value is -3.71. The zero-order valence-electron chi connectivity index (χ0n) is 17.3.